The molecule has 3 rings (SSSR count). The Kier molecular flexibility index (Phi) is 4.82. The number of aliphatic hydroxyl groups is 1. The first-order valence-electron chi connectivity index (χ1n) is 6.92. The molecule has 0 radical (unpaired) electrons. The maximum Gasteiger partial charge on any atom is 0.0959 e. The van der Waals surface area contributed by atoms with E-state index >= 15 is 0 Å². The van der Waals surface area contributed by atoms with Crippen LogP contribution >= 0.6 is 34.5 Å². The highest BCUT2D eigenvalue weighted by Gasteiger charge is 2.26. The molecule has 1 aliphatic rings. The number of aliphatic hydroxyl groups excluding tert-OH is 1. The van der Waals surface area contributed by atoms with Crippen molar-refractivity contribution >= 4 is 34.5 Å². The molecule has 0 amide bonds. The smallest absolute Gasteiger partial charge is 0.0959 e. The normalized spacial score (nSPS) is 16.1. The van der Waals surface area contributed by atoms with E-state index in [0.29, 0.717) is 34.6 Å². The molecular formula is C15H16Cl2N2OS. The lowest BCUT2D eigenvalue weighted by molar-refractivity contribution is 0.174. The molecule has 0 bridgehead atoms. The van der Waals surface area contributed by atoms with Gasteiger partial charge in [-0.1, -0.05) is 29.3 Å². The summed E-state index contributed by atoms with van der Waals surface area (Å²) in [7, 11) is 0. The van der Waals surface area contributed by atoms with E-state index in [2.05, 4.69) is 10.3 Å². The highest BCUT2D eigenvalue weighted by Crippen LogP contribution is 2.41. The second kappa shape index (κ2) is 6.63. The Bertz CT molecular complexity index is 628. The first-order valence-corrected chi connectivity index (χ1v) is 8.49. The molecule has 6 heteroatoms. The van der Waals surface area contributed by atoms with E-state index in [1.165, 1.54) is 22.7 Å². The van der Waals surface area contributed by atoms with Gasteiger partial charge in [0.05, 0.1) is 11.1 Å². The van der Waals surface area contributed by atoms with Crippen LogP contribution in [0.25, 0.3) is 0 Å². The third-order valence-electron chi connectivity index (χ3n) is 3.46. The van der Waals surface area contributed by atoms with E-state index in [4.69, 9.17) is 23.2 Å². The second-order valence-electron chi connectivity index (χ2n) is 5.25. The topological polar surface area (TPSA) is 45.1 Å². The van der Waals surface area contributed by atoms with Crippen molar-refractivity contribution in [2.24, 2.45) is 0 Å². The van der Waals surface area contributed by atoms with Crippen LogP contribution in [0.2, 0.25) is 10.0 Å². The van der Waals surface area contributed by atoms with Crippen LogP contribution in [0.3, 0.4) is 0 Å². The summed E-state index contributed by atoms with van der Waals surface area (Å²) in [5.74, 6) is 0.696. The number of nitrogens with zero attached hydrogens (tertiary/aromatic N) is 1. The number of aromatic nitrogens is 1. The van der Waals surface area contributed by atoms with Crippen molar-refractivity contribution < 1.29 is 5.11 Å². The molecule has 0 spiro atoms. The zero-order valence-corrected chi connectivity index (χ0v) is 13.7. The summed E-state index contributed by atoms with van der Waals surface area (Å²) >= 11 is 13.7. The fourth-order valence-electron chi connectivity index (χ4n) is 2.14. The summed E-state index contributed by atoms with van der Waals surface area (Å²) in [4.78, 5) is 5.64. The zero-order chi connectivity index (χ0) is 14.8. The molecule has 1 unspecified atom stereocenters. The summed E-state index contributed by atoms with van der Waals surface area (Å²) in [6.45, 7) is 1.16. The van der Waals surface area contributed by atoms with Crippen LogP contribution in [-0.2, 0) is 6.54 Å². The Balaban J connectivity index is 1.51. The fourth-order valence-corrected chi connectivity index (χ4v) is 3.73. The van der Waals surface area contributed by atoms with Gasteiger partial charge < -0.3 is 10.4 Å². The van der Waals surface area contributed by atoms with Crippen LogP contribution in [-0.4, -0.2) is 16.6 Å². The van der Waals surface area contributed by atoms with Gasteiger partial charge in [0, 0.05) is 45.7 Å². The Labute approximate surface area is 137 Å². The van der Waals surface area contributed by atoms with Crippen LogP contribution in [0, 0.1) is 0 Å². The number of thiazole rings is 1. The molecule has 1 heterocycles. The summed E-state index contributed by atoms with van der Waals surface area (Å²) in [6.07, 6.45) is 3.82. The minimum Gasteiger partial charge on any atom is -0.387 e. The predicted octanol–water partition coefficient (Wildman–Crippen LogP) is 4.15. The van der Waals surface area contributed by atoms with Crippen molar-refractivity contribution in [3.8, 4) is 0 Å². The van der Waals surface area contributed by atoms with Crippen LogP contribution < -0.4 is 5.32 Å². The molecule has 1 aliphatic carbocycles. The second-order valence-corrected chi connectivity index (χ2v) is 7.24. The third kappa shape index (κ3) is 3.96. The Morgan fingerprint density at radius 1 is 1.38 bits per heavy atom. The van der Waals surface area contributed by atoms with Gasteiger partial charge in [0.15, 0.2) is 0 Å². The lowest BCUT2D eigenvalue weighted by atomic mass is 10.1. The van der Waals surface area contributed by atoms with Gasteiger partial charge >= 0.3 is 0 Å². The van der Waals surface area contributed by atoms with Crippen molar-refractivity contribution in [3.05, 3.63) is 49.9 Å². The molecule has 21 heavy (non-hydrogen) atoms. The van der Waals surface area contributed by atoms with Gasteiger partial charge in [-0.3, -0.25) is 0 Å². The number of rotatable bonds is 6. The predicted molar refractivity (Wildman–Crippen MR) is 87.2 cm³/mol. The van der Waals surface area contributed by atoms with Crippen LogP contribution in [0.15, 0.2) is 24.4 Å². The minimum absolute atomic E-state index is 0.442. The number of hydrogen-bond donors (Lipinski definition) is 2. The van der Waals surface area contributed by atoms with Crippen LogP contribution in [0.1, 0.15) is 40.3 Å². The molecular weight excluding hydrogens is 327 g/mol. The lowest BCUT2D eigenvalue weighted by Crippen LogP contribution is -2.20. The molecule has 112 valence electrons. The quantitative estimate of drug-likeness (QED) is 0.828. The van der Waals surface area contributed by atoms with E-state index < -0.39 is 6.10 Å². The Morgan fingerprint density at radius 2 is 2.19 bits per heavy atom. The van der Waals surface area contributed by atoms with Gasteiger partial charge in [0.1, 0.15) is 0 Å². The maximum absolute atomic E-state index is 10.2. The molecule has 2 aromatic rings. The van der Waals surface area contributed by atoms with Gasteiger partial charge in [-0.05, 0) is 25.0 Å². The lowest BCUT2D eigenvalue weighted by Gasteiger charge is -2.13. The van der Waals surface area contributed by atoms with Crippen molar-refractivity contribution in [1.82, 2.24) is 10.3 Å². The molecule has 0 aliphatic heterocycles. The molecule has 1 atom stereocenters. The number of nitrogens with one attached hydrogen (secondary N) is 1. The van der Waals surface area contributed by atoms with E-state index in [-0.39, 0.29) is 0 Å². The van der Waals surface area contributed by atoms with Crippen LogP contribution in [0.4, 0.5) is 0 Å². The monoisotopic (exact) mass is 342 g/mol. The molecule has 1 saturated carbocycles. The van der Waals surface area contributed by atoms with Gasteiger partial charge in [0.2, 0.25) is 0 Å². The number of benzene rings is 1. The highest BCUT2D eigenvalue weighted by molar-refractivity contribution is 7.11. The number of halogens is 2. The molecule has 1 aromatic carbocycles. The van der Waals surface area contributed by atoms with Crippen LogP contribution in [0.5, 0.6) is 0 Å². The van der Waals surface area contributed by atoms with Crippen molar-refractivity contribution in [1.29, 1.82) is 0 Å². The van der Waals surface area contributed by atoms with E-state index in [9.17, 15) is 5.11 Å². The summed E-state index contributed by atoms with van der Waals surface area (Å²) < 4.78 is 0. The summed E-state index contributed by atoms with van der Waals surface area (Å²) in [6, 6.07) is 5.14. The first-order chi connectivity index (χ1) is 10.1. The van der Waals surface area contributed by atoms with E-state index in [0.717, 1.165) is 0 Å². The van der Waals surface area contributed by atoms with Gasteiger partial charge in [0.25, 0.3) is 0 Å². The molecule has 3 nitrogen and oxygen atoms in total. The average molecular weight is 343 g/mol. The largest absolute Gasteiger partial charge is 0.387 e. The standard InChI is InChI=1S/C15H16Cl2N2OS/c16-10-3-4-12(13(17)5-10)14(20)8-18-6-11-7-19-15(21-11)9-1-2-9/h3-5,7,9,14,18,20H,1-2,6,8H2. The maximum atomic E-state index is 10.2. The summed E-state index contributed by atoms with van der Waals surface area (Å²) in [5, 5.41) is 15.7. The van der Waals surface area contributed by atoms with E-state index in [1.54, 1.807) is 29.5 Å². The Hall–Kier alpha value is -0.650. The molecule has 2 N–H and O–H groups in total. The molecule has 1 aromatic heterocycles. The first kappa shape index (κ1) is 15.3. The van der Waals surface area contributed by atoms with Crippen molar-refractivity contribution in [2.75, 3.05) is 6.54 Å². The third-order valence-corrected chi connectivity index (χ3v) is 5.18. The van der Waals surface area contributed by atoms with Gasteiger partial charge in [-0.25, -0.2) is 4.98 Å². The molecule has 0 saturated heterocycles. The fraction of sp³-hybridized carbons (Fsp3) is 0.400. The number of hydrogen-bond acceptors (Lipinski definition) is 4. The Morgan fingerprint density at radius 3 is 2.90 bits per heavy atom. The highest BCUT2D eigenvalue weighted by atomic mass is 35.5. The summed E-state index contributed by atoms with van der Waals surface area (Å²) in [5.41, 5.74) is 0.691. The van der Waals surface area contributed by atoms with Gasteiger partial charge in [-0.15, -0.1) is 11.3 Å². The van der Waals surface area contributed by atoms with Gasteiger partial charge in [-0.2, -0.15) is 0 Å². The average Bonchev–Trinajstić information content (AvgIpc) is 3.19. The SMILES string of the molecule is OC(CNCc1cnc(C2CC2)s1)c1ccc(Cl)cc1Cl. The van der Waals surface area contributed by atoms with E-state index in [1.807, 2.05) is 6.20 Å². The minimum atomic E-state index is -0.648. The van der Waals surface area contributed by atoms with Crippen molar-refractivity contribution in [3.63, 3.8) is 0 Å². The zero-order valence-electron chi connectivity index (χ0n) is 11.4. The molecule has 1 fully saturated rings. The van der Waals surface area contributed by atoms with Crippen molar-refractivity contribution in [2.45, 2.75) is 31.4 Å².